The molecule has 0 fully saturated rings. The van der Waals surface area contributed by atoms with E-state index in [1.807, 2.05) is 44.2 Å². The van der Waals surface area contributed by atoms with Crippen LogP contribution in [-0.4, -0.2) is 36.5 Å². The van der Waals surface area contributed by atoms with E-state index < -0.39 is 12.1 Å². The van der Waals surface area contributed by atoms with Gasteiger partial charge < -0.3 is 20.7 Å². The molecule has 1 aliphatic rings. The average Bonchev–Trinajstić information content (AvgIpc) is 2.67. The van der Waals surface area contributed by atoms with Crippen LogP contribution in [0, 0.1) is 5.92 Å². The molecule has 2 rings (SSSR count). The summed E-state index contributed by atoms with van der Waals surface area (Å²) in [6.07, 6.45) is 4.39. The highest BCUT2D eigenvalue weighted by Gasteiger charge is 2.24. The monoisotopic (exact) mass is 387 g/mol. The lowest BCUT2D eigenvalue weighted by Crippen LogP contribution is -2.50. The highest BCUT2D eigenvalue weighted by Crippen LogP contribution is 2.08. The van der Waals surface area contributed by atoms with Crippen molar-refractivity contribution >= 4 is 17.9 Å². The van der Waals surface area contributed by atoms with Gasteiger partial charge in [-0.25, -0.2) is 4.79 Å². The second-order valence-corrected chi connectivity index (χ2v) is 7.18. The molecule has 3 N–H and O–H groups in total. The van der Waals surface area contributed by atoms with Crippen LogP contribution in [0.25, 0.3) is 0 Å². The molecule has 1 aromatic carbocycles. The molecule has 0 saturated heterocycles. The van der Waals surface area contributed by atoms with Crippen LogP contribution < -0.4 is 16.0 Å². The number of hydrogen-bond acceptors (Lipinski definition) is 4. The van der Waals surface area contributed by atoms with Crippen LogP contribution in [0.2, 0.25) is 0 Å². The first-order valence-electron chi connectivity index (χ1n) is 9.69. The van der Waals surface area contributed by atoms with Crippen LogP contribution in [0.15, 0.2) is 42.5 Å². The van der Waals surface area contributed by atoms with Crippen LogP contribution in [0.1, 0.15) is 38.7 Å². The molecule has 0 aliphatic carbocycles. The molecule has 1 aromatic rings. The van der Waals surface area contributed by atoms with Crippen LogP contribution in [0.5, 0.6) is 0 Å². The van der Waals surface area contributed by atoms with Crippen molar-refractivity contribution in [1.29, 1.82) is 0 Å². The first kappa shape index (κ1) is 21.5. The van der Waals surface area contributed by atoms with Crippen molar-refractivity contribution in [3.05, 3.63) is 48.0 Å². The Kier molecular flexibility index (Phi) is 8.52. The maximum absolute atomic E-state index is 12.7. The molecule has 1 heterocycles. The van der Waals surface area contributed by atoms with Crippen molar-refractivity contribution in [2.45, 2.75) is 51.8 Å². The molecule has 0 aromatic heterocycles. The third-order valence-electron chi connectivity index (χ3n) is 4.52. The molecule has 0 radical (unpaired) electrons. The summed E-state index contributed by atoms with van der Waals surface area (Å²) in [4.78, 5) is 36.7. The Morgan fingerprint density at radius 2 is 1.96 bits per heavy atom. The lowest BCUT2D eigenvalue weighted by atomic mass is 10.0. The normalized spacial score (nSPS) is 21.1. The lowest BCUT2D eigenvalue weighted by molar-refractivity contribution is -0.124. The zero-order chi connectivity index (χ0) is 20.4. The molecule has 28 heavy (non-hydrogen) atoms. The smallest absolute Gasteiger partial charge is 0.408 e. The first-order chi connectivity index (χ1) is 13.5. The fraction of sp³-hybridized carbons (Fsp3) is 0.476. The maximum atomic E-state index is 12.7. The van der Waals surface area contributed by atoms with Crippen LogP contribution in [0.3, 0.4) is 0 Å². The van der Waals surface area contributed by atoms with Gasteiger partial charge in [0.05, 0.1) is 0 Å². The Labute approximate surface area is 165 Å². The summed E-state index contributed by atoms with van der Waals surface area (Å²) < 4.78 is 5.24. The van der Waals surface area contributed by atoms with Gasteiger partial charge in [-0.2, -0.15) is 0 Å². The van der Waals surface area contributed by atoms with Crippen LogP contribution in [0.4, 0.5) is 4.79 Å². The van der Waals surface area contributed by atoms with Crippen LogP contribution in [-0.2, 0) is 20.9 Å². The Bertz CT molecular complexity index is 688. The summed E-state index contributed by atoms with van der Waals surface area (Å²) in [5.74, 6) is -0.345. The third-order valence-corrected chi connectivity index (χ3v) is 4.52. The molecule has 0 bridgehead atoms. The minimum Gasteiger partial charge on any atom is -0.445 e. The van der Waals surface area contributed by atoms with Crippen molar-refractivity contribution in [1.82, 2.24) is 16.0 Å². The van der Waals surface area contributed by atoms with Crippen LogP contribution >= 0.6 is 0 Å². The second-order valence-electron chi connectivity index (χ2n) is 7.18. The Balaban J connectivity index is 1.99. The van der Waals surface area contributed by atoms with Gasteiger partial charge in [-0.1, -0.05) is 50.3 Å². The van der Waals surface area contributed by atoms with E-state index in [-0.39, 0.29) is 30.4 Å². The Morgan fingerprint density at radius 1 is 1.21 bits per heavy atom. The molecular formula is C21H29N3O4. The number of hydrogen-bond donors (Lipinski definition) is 3. The molecular weight excluding hydrogens is 358 g/mol. The summed E-state index contributed by atoms with van der Waals surface area (Å²) in [7, 11) is 0. The van der Waals surface area contributed by atoms with E-state index >= 15 is 0 Å². The summed E-state index contributed by atoms with van der Waals surface area (Å²) in [5.41, 5.74) is 0.876. The molecule has 2 atom stereocenters. The van der Waals surface area contributed by atoms with E-state index in [0.717, 1.165) is 12.0 Å². The predicted molar refractivity (Wildman–Crippen MR) is 106 cm³/mol. The molecule has 3 amide bonds. The van der Waals surface area contributed by atoms with E-state index in [1.165, 1.54) is 6.08 Å². The van der Waals surface area contributed by atoms with Gasteiger partial charge in [-0.15, -0.1) is 0 Å². The van der Waals surface area contributed by atoms with E-state index in [9.17, 15) is 14.4 Å². The summed E-state index contributed by atoms with van der Waals surface area (Å²) in [6, 6.07) is 8.37. The number of ether oxygens (including phenoxy) is 1. The number of nitrogens with one attached hydrogen (secondary N) is 3. The third kappa shape index (κ3) is 7.42. The predicted octanol–water partition coefficient (Wildman–Crippen LogP) is 2.28. The summed E-state index contributed by atoms with van der Waals surface area (Å²) in [5, 5.41) is 8.40. The highest BCUT2D eigenvalue weighted by molar-refractivity contribution is 5.88. The number of alkyl carbamates (subject to hydrolysis) is 1. The first-order valence-corrected chi connectivity index (χ1v) is 9.69. The van der Waals surface area contributed by atoms with Gasteiger partial charge in [-0.05, 0) is 30.7 Å². The quantitative estimate of drug-likeness (QED) is 0.738. The largest absolute Gasteiger partial charge is 0.445 e. The summed E-state index contributed by atoms with van der Waals surface area (Å²) >= 11 is 0. The minimum atomic E-state index is -0.687. The van der Waals surface area contributed by atoms with Crippen molar-refractivity contribution in [3.63, 3.8) is 0 Å². The fourth-order valence-electron chi connectivity index (χ4n) is 2.81. The Hall–Kier alpha value is -2.83. The van der Waals surface area contributed by atoms with Gasteiger partial charge in [0.2, 0.25) is 11.8 Å². The fourth-order valence-corrected chi connectivity index (χ4v) is 2.81. The number of benzene rings is 1. The summed E-state index contributed by atoms with van der Waals surface area (Å²) in [6.45, 7) is 4.58. The van der Waals surface area contributed by atoms with Gasteiger partial charge >= 0.3 is 6.09 Å². The molecule has 7 nitrogen and oxygen atoms in total. The van der Waals surface area contributed by atoms with Gasteiger partial charge in [0.1, 0.15) is 12.6 Å². The van der Waals surface area contributed by atoms with Crippen molar-refractivity contribution < 1.29 is 19.1 Å². The van der Waals surface area contributed by atoms with E-state index in [1.54, 1.807) is 6.08 Å². The van der Waals surface area contributed by atoms with Crippen molar-refractivity contribution in [2.24, 2.45) is 5.92 Å². The molecule has 152 valence electrons. The van der Waals surface area contributed by atoms with Crippen molar-refractivity contribution in [3.8, 4) is 0 Å². The minimum absolute atomic E-state index is 0.0987. The van der Waals surface area contributed by atoms with E-state index in [2.05, 4.69) is 16.0 Å². The van der Waals surface area contributed by atoms with E-state index in [0.29, 0.717) is 19.4 Å². The number of rotatable bonds is 4. The highest BCUT2D eigenvalue weighted by atomic mass is 16.5. The maximum Gasteiger partial charge on any atom is 0.408 e. The number of carbonyl (C=O) groups excluding carboxylic acids is 3. The van der Waals surface area contributed by atoms with E-state index in [4.69, 9.17) is 4.74 Å². The molecule has 0 unspecified atom stereocenters. The SMILES string of the molecule is CC(C)[C@H]1C=CC(=O)NCCCC[C@H](NC(=O)OCc2ccccc2)C(=O)N1. The zero-order valence-corrected chi connectivity index (χ0v) is 16.4. The molecule has 0 saturated carbocycles. The van der Waals surface area contributed by atoms with Gasteiger partial charge in [0.25, 0.3) is 0 Å². The lowest BCUT2D eigenvalue weighted by Gasteiger charge is -2.24. The van der Waals surface area contributed by atoms with Gasteiger partial charge in [0.15, 0.2) is 0 Å². The van der Waals surface area contributed by atoms with Gasteiger partial charge in [0, 0.05) is 18.7 Å². The zero-order valence-electron chi connectivity index (χ0n) is 16.4. The molecule has 7 heteroatoms. The molecule has 0 spiro atoms. The second kappa shape index (κ2) is 11.1. The van der Waals surface area contributed by atoms with Gasteiger partial charge in [-0.3, -0.25) is 9.59 Å². The topological polar surface area (TPSA) is 96.5 Å². The number of amides is 3. The standard InChI is InChI=1S/C21H29N3O4/c1-15(2)17-11-12-19(25)22-13-7-6-10-18(20(26)23-17)24-21(27)28-14-16-8-4-3-5-9-16/h3-5,8-9,11-12,15,17-18H,6-7,10,13-14H2,1-2H3,(H,22,25)(H,23,26)(H,24,27)/t17-,18+/m1/s1. The Morgan fingerprint density at radius 3 is 2.68 bits per heavy atom. The number of carbonyl (C=O) groups is 3. The average molecular weight is 387 g/mol. The molecule has 1 aliphatic heterocycles. The van der Waals surface area contributed by atoms with Crippen molar-refractivity contribution in [2.75, 3.05) is 6.54 Å².